The van der Waals surface area contributed by atoms with E-state index in [9.17, 15) is 15.0 Å². The van der Waals surface area contributed by atoms with E-state index in [0.29, 0.717) is 17.4 Å². The van der Waals surface area contributed by atoms with Crippen LogP contribution >= 0.6 is 0 Å². The van der Waals surface area contributed by atoms with Gasteiger partial charge in [-0.05, 0) is 28.5 Å². The molecule has 0 heterocycles. The van der Waals surface area contributed by atoms with Gasteiger partial charge >= 0.3 is 5.97 Å². The average molecular weight is 292 g/mol. The van der Waals surface area contributed by atoms with E-state index in [0.717, 1.165) is 16.5 Å². The number of carbonyl (C=O) groups is 1. The molecule has 110 valence electrons. The Labute approximate surface area is 128 Å². The first kappa shape index (κ1) is 14.1. The number of benzene rings is 3. The summed E-state index contributed by atoms with van der Waals surface area (Å²) < 4.78 is 0. The molecule has 3 nitrogen and oxygen atoms in total. The van der Waals surface area contributed by atoms with Gasteiger partial charge in [0.05, 0.1) is 0 Å². The van der Waals surface area contributed by atoms with Crippen molar-refractivity contribution in [2.24, 2.45) is 0 Å². The van der Waals surface area contributed by atoms with E-state index >= 15 is 0 Å². The van der Waals surface area contributed by atoms with Gasteiger partial charge in [-0.2, -0.15) is 0 Å². The van der Waals surface area contributed by atoms with Gasteiger partial charge in [-0.1, -0.05) is 61.5 Å². The molecule has 0 saturated heterocycles. The minimum atomic E-state index is -1.10. The molecule has 22 heavy (non-hydrogen) atoms. The van der Waals surface area contributed by atoms with Gasteiger partial charge in [-0.15, -0.1) is 0 Å². The second-order valence-corrected chi connectivity index (χ2v) is 5.15. The van der Waals surface area contributed by atoms with E-state index in [1.54, 1.807) is 12.1 Å². The highest BCUT2D eigenvalue weighted by Crippen LogP contribution is 2.41. The van der Waals surface area contributed by atoms with Gasteiger partial charge in [0.1, 0.15) is 11.3 Å². The summed E-state index contributed by atoms with van der Waals surface area (Å²) in [6.45, 7) is 1.91. The number of rotatable bonds is 3. The van der Waals surface area contributed by atoms with Gasteiger partial charge in [-0.3, -0.25) is 0 Å². The second kappa shape index (κ2) is 5.53. The monoisotopic (exact) mass is 292 g/mol. The summed E-state index contributed by atoms with van der Waals surface area (Å²) in [5.41, 5.74) is 2.50. The quantitative estimate of drug-likeness (QED) is 0.748. The fraction of sp³-hybridized carbons (Fsp3) is 0.105. The van der Waals surface area contributed by atoms with Crippen LogP contribution < -0.4 is 0 Å². The number of phenols is 1. The number of hydrogen-bond acceptors (Lipinski definition) is 2. The second-order valence-electron chi connectivity index (χ2n) is 5.15. The van der Waals surface area contributed by atoms with Crippen LogP contribution in [0.3, 0.4) is 0 Å². The smallest absolute Gasteiger partial charge is 0.339 e. The molecular formula is C19H16O3. The lowest BCUT2D eigenvalue weighted by Crippen LogP contribution is -2.05. The van der Waals surface area contributed by atoms with E-state index in [-0.39, 0.29) is 11.3 Å². The first-order valence-corrected chi connectivity index (χ1v) is 7.20. The zero-order chi connectivity index (χ0) is 15.7. The number of aromatic hydroxyl groups is 1. The maximum atomic E-state index is 11.7. The zero-order valence-corrected chi connectivity index (χ0v) is 12.2. The summed E-state index contributed by atoms with van der Waals surface area (Å²) in [5, 5.41) is 21.4. The molecule has 0 aromatic heterocycles. The predicted molar refractivity (Wildman–Crippen MR) is 87.4 cm³/mol. The third-order valence-electron chi connectivity index (χ3n) is 3.92. The Bertz CT molecular complexity index is 851. The largest absolute Gasteiger partial charge is 0.506 e. The molecule has 0 bridgehead atoms. The molecule has 0 aliphatic carbocycles. The summed E-state index contributed by atoms with van der Waals surface area (Å²) >= 11 is 0. The summed E-state index contributed by atoms with van der Waals surface area (Å²) in [4.78, 5) is 11.7. The van der Waals surface area contributed by atoms with Crippen LogP contribution in [0.2, 0.25) is 0 Å². The van der Waals surface area contributed by atoms with Crippen LogP contribution in [0.25, 0.3) is 21.9 Å². The van der Waals surface area contributed by atoms with Crippen LogP contribution in [0.5, 0.6) is 5.75 Å². The van der Waals surface area contributed by atoms with Crippen molar-refractivity contribution in [1.82, 2.24) is 0 Å². The number of fused-ring (bicyclic) bond motifs is 1. The Kier molecular flexibility index (Phi) is 3.55. The van der Waals surface area contributed by atoms with Crippen molar-refractivity contribution in [3.63, 3.8) is 0 Å². The summed E-state index contributed by atoms with van der Waals surface area (Å²) in [7, 11) is 0. The Morgan fingerprint density at radius 3 is 2.14 bits per heavy atom. The molecule has 3 heteroatoms. The van der Waals surface area contributed by atoms with Crippen LogP contribution in [0, 0.1) is 0 Å². The Morgan fingerprint density at radius 2 is 1.55 bits per heavy atom. The highest BCUT2D eigenvalue weighted by molar-refractivity contribution is 6.09. The fourth-order valence-corrected chi connectivity index (χ4v) is 2.99. The fourth-order valence-electron chi connectivity index (χ4n) is 2.99. The normalized spacial score (nSPS) is 10.8. The number of aromatic carboxylic acids is 1. The highest BCUT2D eigenvalue weighted by Gasteiger charge is 2.23. The zero-order valence-electron chi connectivity index (χ0n) is 12.2. The molecule has 0 spiro atoms. The van der Waals surface area contributed by atoms with E-state index in [4.69, 9.17) is 0 Å². The first-order chi connectivity index (χ1) is 10.6. The molecule has 3 aromatic carbocycles. The third-order valence-corrected chi connectivity index (χ3v) is 3.92. The minimum absolute atomic E-state index is 0.0000491. The number of carboxylic acids is 1. The van der Waals surface area contributed by atoms with Gasteiger partial charge in [0.2, 0.25) is 0 Å². The first-order valence-electron chi connectivity index (χ1n) is 7.20. The van der Waals surface area contributed by atoms with Crippen molar-refractivity contribution in [1.29, 1.82) is 0 Å². The summed E-state index contributed by atoms with van der Waals surface area (Å²) in [6.07, 6.45) is 0.532. The van der Waals surface area contributed by atoms with E-state index < -0.39 is 5.97 Å². The van der Waals surface area contributed by atoms with Crippen molar-refractivity contribution < 1.29 is 15.0 Å². The molecule has 0 aliphatic rings. The highest BCUT2D eigenvalue weighted by atomic mass is 16.4. The lowest BCUT2D eigenvalue weighted by Gasteiger charge is -2.17. The lowest BCUT2D eigenvalue weighted by molar-refractivity contribution is 0.0693. The average Bonchev–Trinajstić information content (AvgIpc) is 2.55. The van der Waals surface area contributed by atoms with Crippen molar-refractivity contribution in [2.45, 2.75) is 13.3 Å². The van der Waals surface area contributed by atoms with Crippen LogP contribution in [-0.2, 0) is 6.42 Å². The Hall–Kier alpha value is -2.81. The van der Waals surface area contributed by atoms with Gasteiger partial charge < -0.3 is 10.2 Å². The van der Waals surface area contributed by atoms with E-state index in [2.05, 4.69) is 0 Å². The molecular weight excluding hydrogens is 276 g/mol. The Balaban J connectivity index is 2.53. The third kappa shape index (κ3) is 2.11. The molecule has 0 unspecified atom stereocenters. The van der Waals surface area contributed by atoms with Crippen LogP contribution in [0.15, 0.2) is 54.6 Å². The SMILES string of the molecule is CCc1c(C(=O)O)c(O)c2ccccc2c1-c1ccccc1. The van der Waals surface area contributed by atoms with Crippen molar-refractivity contribution >= 4 is 16.7 Å². The predicted octanol–water partition coefficient (Wildman–Crippen LogP) is 4.47. The van der Waals surface area contributed by atoms with Crippen LogP contribution in [-0.4, -0.2) is 16.2 Å². The van der Waals surface area contributed by atoms with Crippen LogP contribution in [0.1, 0.15) is 22.8 Å². The number of hydrogen-bond donors (Lipinski definition) is 2. The molecule has 0 radical (unpaired) electrons. The van der Waals surface area contributed by atoms with Crippen molar-refractivity contribution in [3.05, 3.63) is 65.7 Å². The maximum Gasteiger partial charge on any atom is 0.339 e. The van der Waals surface area contributed by atoms with Crippen LogP contribution in [0.4, 0.5) is 0 Å². The summed E-state index contributed by atoms with van der Waals surface area (Å²) in [6, 6.07) is 17.1. The van der Waals surface area contributed by atoms with Crippen molar-refractivity contribution in [2.75, 3.05) is 0 Å². The van der Waals surface area contributed by atoms with E-state index in [1.165, 1.54) is 0 Å². The van der Waals surface area contributed by atoms with Gasteiger partial charge in [0.25, 0.3) is 0 Å². The minimum Gasteiger partial charge on any atom is -0.506 e. The molecule has 0 aliphatic heterocycles. The Morgan fingerprint density at radius 1 is 0.955 bits per heavy atom. The van der Waals surface area contributed by atoms with Gasteiger partial charge in [0.15, 0.2) is 0 Å². The molecule has 0 amide bonds. The number of carboxylic acid groups (broad SMARTS) is 1. The molecule has 2 N–H and O–H groups in total. The topological polar surface area (TPSA) is 57.5 Å². The van der Waals surface area contributed by atoms with E-state index in [1.807, 2.05) is 49.4 Å². The maximum absolute atomic E-state index is 11.7. The molecule has 3 rings (SSSR count). The van der Waals surface area contributed by atoms with Gasteiger partial charge in [-0.25, -0.2) is 4.79 Å². The van der Waals surface area contributed by atoms with Crippen molar-refractivity contribution in [3.8, 4) is 16.9 Å². The molecule has 0 saturated carbocycles. The summed E-state index contributed by atoms with van der Waals surface area (Å²) in [5.74, 6) is -1.25. The molecule has 3 aromatic rings. The molecule has 0 fully saturated rings. The standard InChI is InChI=1S/C19H16O3/c1-2-13-16(12-8-4-3-5-9-12)14-10-6-7-11-15(14)18(20)17(13)19(21)22/h3-11,20H,2H2,1H3,(H,21,22). The molecule has 0 atom stereocenters. The van der Waals surface area contributed by atoms with Gasteiger partial charge in [0, 0.05) is 5.39 Å². The lowest BCUT2D eigenvalue weighted by atomic mass is 9.87.